The summed E-state index contributed by atoms with van der Waals surface area (Å²) >= 11 is 7.20. The first-order chi connectivity index (χ1) is 16.2. The number of nitrogens with zero attached hydrogens (tertiary/aromatic N) is 2. The molecule has 4 rings (SSSR count). The first kappa shape index (κ1) is 24.0. The fraction of sp³-hybridized carbons (Fsp3) is 0.167. The van der Waals surface area contributed by atoms with Crippen molar-refractivity contribution in [2.24, 2.45) is 0 Å². The molecule has 0 atom stereocenters. The predicted octanol–water partition coefficient (Wildman–Crippen LogP) is 4.88. The second-order valence-electron chi connectivity index (χ2n) is 7.65. The number of halogens is 1. The average molecular weight is 516 g/mol. The fourth-order valence-corrected chi connectivity index (χ4v) is 6.15. The molecule has 0 fully saturated rings. The minimum Gasteiger partial charge on any atom is -0.324 e. The van der Waals surface area contributed by atoms with Crippen LogP contribution in [0.25, 0.3) is 10.2 Å². The Balaban J connectivity index is 1.65. The number of hydrogen-bond donors (Lipinski definition) is 1. The summed E-state index contributed by atoms with van der Waals surface area (Å²) in [7, 11) is -4.04. The van der Waals surface area contributed by atoms with Crippen molar-refractivity contribution >= 4 is 60.5 Å². The molecule has 1 heterocycles. The smallest absolute Gasteiger partial charge is 0.308 e. The van der Waals surface area contributed by atoms with E-state index in [2.05, 4.69) is 5.32 Å². The highest BCUT2D eigenvalue weighted by Crippen LogP contribution is 2.27. The van der Waals surface area contributed by atoms with Gasteiger partial charge in [0.2, 0.25) is 5.91 Å². The van der Waals surface area contributed by atoms with E-state index < -0.39 is 22.5 Å². The highest BCUT2D eigenvalue weighted by atomic mass is 35.5. The zero-order valence-electron chi connectivity index (χ0n) is 18.5. The number of amides is 1. The number of sulfonamides is 1. The second-order valence-corrected chi connectivity index (χ2v) is 10.9. The van der Waals surface area contributed by atoms with Crippen molar-refractivity contribution in [3.05, 3.63) is 87.0 Å². The van der Waals surface area contributed by atoms with Crippen LogP contribution < -0.4 is 14.5 Å². The number of carbonyl (C=O) groups excluding carboxylic acids is 1. The van der Waals surface area contributed by atoms with E-state index in [0.717, 1.165) is 31.4 Å². The first-order valence-corrected chi connectivity index (χ1v) is 13.1. The number of hydrogen-bond acceptors (Lipinski definition) is 5. The molecule has 3 aromatic carbocycles. The van der Waals surface area contributed by atoms with Crippen LogP contribution in [0.3, 0.4) is 0 Å². The zero-order chi connectivity index (χ0) is 24.5. The molecule has 10 heteroatoms. The van der Waals surface area contributed by atoms with Crippen LogP contribution in [-0.2, 0) is 21.4 Å². The molecule has 0 spiro atoms. The van der Waals surface area contributed by atoms with Crippen LogP contribution in [0.1, 0.15) is 12.5 Å². The van der Waals surface area contributed by atoms with Gasteiger partial charge in [0.1, 0.15) is 6.54 Å². The third kappa shape index (κ3) is 4.86. The number of rotatable bonds is 7. The van der Waals surface area contributed by atoms with Gasteiger partial charge in [-0.2, -0.15) is 0 Å². The van der Waals surface area contributed by atoms with Crippen molar-refractivity contribution in [3.63, 3.8) is 0 Å². The molecule has 0 radical (unpaired) electrons. The van der Waals surface area contributed by atoms with Crippen LogP contribution in [0, 0.1) is 6.92 Å². The number of aromatic nitrogens is 1. The van der Waals surface area contributed by atoms with E-state index in [0.29, 0.717) is 17.3 Å². The molecule has 0 saturated carbocycles. The minimum atomic E-state index is -4.04. The Kier molecular flexibility index (Phi) is 6.79. The van der Waals surface area contributed by atoms with Gasteiger partial charge in [-0.1, -0.05) is 46.7 Å². The lowest BCUT2D eigenvalue weighted by atomic mass is 10.2. The molecular formula is C24H22ClN3O4S2. The van der Waals surface area contributed by atoms with E-state index in [1.165, 1.54) is 18.2 Å². The minimum absolute atomic E-state index is 0.0676. The van der Waals surface area contributed by atoms with Gasteiger partial charge in [-0.15, -0.1) is 0 Å². The Hall–Kier alpha value is -3.14. The monoisotopic (exact) mass is 515 g/mol. The van der Waals surface area contributed by atoms with Crippen LogP contribution in [0.5, 0.6) is 0 Å². The topological polar surface area (TPSA) is 88.5 Å². The van der Waals surface area contributed by atoms with Gasteiger partial charge < -0.3 is 5.32 Å². The van der Waals surface area contributed by atoms with Gasteiger partial charge in [0, 0.05) is 17.3 Å². The fourth-order valence-electron chi connectivity index (χ4n) is 3.56. The van der Waals surface area contributed by atoms with Crippen LogP contribution in [0.4, 0.5) is 11.4 Å². The Morgan fingerprint density at radius 1 is 1.09 bits per heavy atom. The number of aryl methyl sites for hydroxylation is 2. The van der Waals surface area contributed by atoms with E-state index in [1.807, 2.05) is 13.8 Å². The number of nitrogens with one attached hydrogen (secondary N) is 1. The summed E-state index contributed by atoms with van der Waals surface area (Å²) < 4.78 is 30.3. The zero-order valence-corrected chi connectivity index (χ0v) is 20.9. The molecule has 0 aliphatic heterocycles. The molecule has 0 unspecified atom stereocenters. The Bertz CT molecular complexity index is 1530. The normalized spacial score (nSPS) is 11.5. The number of thiazole rings is 1. The predicted molar refractivity (Wildman–Crippen MR) is 138 cm³/mol. The molecule has 1 N–H and O–H groups in total. The van der Waals surface area contributed by atoms with Crippen LogP contribution in [0.15, 0.2) is 76.4 Å². The van der Waals surface area contributed by atoms with Gasteiger partial charge in [-0.25, -0.2) is 8.42 Å². The Labute approximate surface area is 206 Å². The maximum atomic E-state index is 13.5. The van der Waals surface area contributed by atoms with Crippen LogP contribution in [0.2, 0.25) is 5.02 Å². The SMILES string of the molecule is CCn1c(=O)sc2cc(NC(=O)CN(c3cccc(Cl)c3)S(=O)(=O)c3ccc(C)cc3)ccc21. The van der Waals surface area contributed by atoms with Gasteiger partial charge in [0.15, 0.2) is 0 Å². The molecule has 0 aliphatic rings. The van der Waals surface area contributed by atoms with Gasteiger partial charge in [-0.3, -0.25) is 18.5 Å². The number of fused-ring (bicyclic) bond motifs is 1. The van der Waals surface area contributed by atoms with Crippen molar-refractivity contribution in [1.29, 1.82) is 0 Å². The molecule has 34 heavy (non-hydrogen) atoms. The summed E-state index contributed by atoms with van der Waals surface area (Å²) in [5, 5.41) is 3.10. The highest BCUT2D eigenvalue weighted by Gasteiger charge is 2.27. The maximum Gasteiger partial charge on any atom is 0.308 e. The van der Waals surface area contributed by atoms with E-state index in [1.54, 1.807) is 53.1 Å². The third-order valence-electron chi connectivity index (χ3n) is 5.26. The number of carbonyl (C=O) groups is 1. The quantitative estimate of drug-likeness (QED) is 0.380. The highest BCUT2D eigenvalue weighted by molar-refractivity contribution is 7.92. The summed E-state index contributed by atoms with van der Waals surface area (Å²) in [6, 6.07) is 17.9. The lowest BCUT2D eigenvalue weighted by molar-refractivity contribution is -0.114. The first-order valence-electron chi connectivity index (χ1n) is 10.5. The maximum absolute atomic E-state index is 13.5. The van der Waals surface area contributed by atoms with Crippen molar-refractivity contribution < 1.29 is 13.2 Å². The number of anilines is 2. The second kappa shape index (κ2) is 9.61. The van der Waals surface area contributed by atoms with Crippen molar-refractivity contribution in [1.82, 2.24) is 4.57 Å². The van der Waals surface area contributed by atoms with Gasteiger partial charge >= 0.3 is 4.87 Å². The van der Waals surface area contributed by atoms with Gasteiger partial charge in [0.05, 0.1) is 20.8 Å². The molecule has 1 amide bonds. The van der Waals surface area contributed by atoms with E-state index >= 15 is 0 Å². The van der Waals surface area contributed by atoms with Crippen LogP contribution >= 0.6 is 22.9 Å². The summed E-state index contributed by atoms with van der Waals surface area (Å²) in [6.45, 7) is 3.85. The summed E-state index contributed by atoms with van der Waals surface area (Å²) in [6.07, 6.45) is 0. The molecule has 0 aliphatic carbocycles. The molecule has 0 bridgehead atoms. The standard InChI is InChI=1S/C24H22ClN3O4S2/c1-3-27-21-12-9-18(14-22(21)33-24(27)30)26-23(29)15-28(19-6-4-5-17(25)13-19)34(31,32)20-10-7-16(2)8-11-20/h4-14H,3,15H2,1-2H3,(H,26,29). The molecule has 0 saturated heterocycles. The average Bonchev–Trinajstić information content (AvgIpc) is 3.11. The molecule has 176 valence electrons. The van der Waals surface area contributed by atoms with E-state index in [-0.39, 0.29) is 15.5 Å². The molecule has 7 nitrogen and oxygen atoms in total. The summed E-state index contributed by atoms with van der Waals surface area (Å²) in [4.78, 5) is 25.1. The molecule has 1 aromatic heterocycles. The molecular weight excluding hydrogens is 494 g/mol. The van der Waals surface area contributed by atoms with Gasteiger partial charge in [-0.05, 0) is 62.4 Å². The van der Waals surface area contributed by atoms with E-state index in [4.69, 9.17) is 11.6 Å². The van der Waals surface area contributed by atoms with Crippen LogP contribution in [-0.4, -0.2) is 25.4 Å². The van der Waals surface area contributed by atoms with E-state index in [9.17, 15) is 18.0 Å². The summed E-state index contributed by atoms with van der Waals surface area (Å²) in [5.74, 6) is -0.530. The van der Waals surface area contributed by atoms with Crippen molar-refractivity contribution in [2.75, 3.05) is 16.2 Å². The largest absolute Gasteiger partial charge is 0.324 e. The van der Waals surface area contributed by atoms with Gasteiger partial charge in [0.25, 0.3) is 10.0 Å². The lowest BCUT2D eigenvalue weighted by Gasteiger charge is -2.24. The third-order valence-corrected chi connectivity index (χ3v) is 8.23. The lowest BCUT2D eigenvalue weighted by Crippen LogP contribution is -2.38. The summed E-state index contributed by atoms with van der Waals surface area (Å²) in [5.41, 5.74) is 2.45. The Morgan fingerprint density at radius 2 is 1.82 bits per heavy atom. The Morgan fingerprint density at radius 3 is 2.50 bits per heavy atom. The van der Waals surface area contributed by atoms with Crippen molar-refractivity contribution in [2.45, 2.75) is 25.3 Å². The number of benzene rings is 3. The molecule has 4 aromatic rings. The van der Waals surface area contributed by atoms with Crippen molar-refractivity contribution in [3.8, 4) is 0 Å².